The first-order valence-electron chi connectivity index (χ1n) is 8.19. The lowest BCUT2D eigenvalue weighted by molar-refractivity contribution is -0.144. The molecule has 0 radical (unpaired) electrons. The second-order valence-electron chi connectivity index (χ2n) is 6.14. The molecule has 2 N–H and O–H groups in total. The van der Waals surface area contributed by atoms with Crippen molar-refractivity contribution in [1.29, 1.82) is 0 Å². The summed E-state index contributed by atoms with van der Waals surface area (Å²) < 4.78 is 9.72. The molecule has 0 aliphatic heterocycles. The first-order chi connectivity index (χ1) is 11.8. The molecule has 7 heteroatoms. The molecule has 0 unspecified atom stereocenters. The predicted molar refractivity (Wildman–Crippen MR) is 92.6 cm³/mol. The van der Waals surface area contributed by atoms with Gasteiger partial charge in [0, 0.05) is 0 Å². The van der Waals surface area contributed by atoms with Gasteiger partial charge in [-0.2, -0.15) is 0 Å². The lowest BCUT2D eigenvalue weighted by atomic mass is 10.0. The Balaban J connectivity index is 2.60. The molecule has 2 atom stereocenters. The highest BCUT2D eigenvalue weighted by Gasteiger charge is 2.25. The minimum Gasteiger partial charge on any atom is -0.467 e. The molecule has 0 saturated carbocycles. The Kier molecular flexibility index (Phi) is 8.46. The van der Waals surface area contributed by atoms with Crippen molar-refractivity contribution in [3.05, 3.63) is 35.9 Å². The molecule has 2 amide bonds. The fraction of sp³-hybridized carbons (Fsp3) is 0.500. The highest BCUT2D eigenvalue weighted by molar-refractivity contribution is 5.89. The van der Waals surface area contributed by atoms with Gasteiger partial charge >= 0.3 is 12.1 Å². The van der Waals surface area contributed by atoms with Gasteiger partial charge in [0.2, 0.25) is 5.91 Å². The van der Waals surface area contributed by atoms with E-state index in [0.29, 0.717) is 6.42 Å². The molecule has 25 heavy (non-hydrogen) atoms. The first kappa shape index (κ1) is 20.5. The molecule has 1 aromatic carbocycles. The fourth-order valence-corrected chi connectivity index (χ4v) is 2.16. The van der Waals surface area contributed by atoms with Gasteiger partial charge in [-0.3, -0.25) is 4.79 Å². The van der Waals surface area contributed by atoms with E-state index in [1.54, 1.807) is 0 Å². The van der Waals surface area contributed by atoms with E-state index in [1.165, 1.54) is 14.0 Å². The van der Waals surface area contributed by atoms with Crippen LogP contribution in [0.3, 0.4) is 0 Å². The Morgan fingerprint density at radius 2 is 1.68 bits per heavy atom. The Hall–Kier alpha value is -2.57. The highest BCUT2D eigenvalue weighted by Crippen LogP contribution is 2.07. The zero-order valence-corrected chi connectivity index (χ0v) is 15.1. The predicted octanol–water partition coefficient (Wildman–Crippen LogP) is 2.01. The maximum atomic E-state index is 12.3. The number of carbonyl (C=O) groups is 3. The number of alkyl carbamates (subject to hydrolysis) is 1. The number of hydrogen-bond acceptors (Lipinski definition) is 5. The summed E-state index contributed by atoms with van der Waals surface area (Å²) in [6, 6.07) is 7.65. The number of esters is 1. The van der Waals surface area contributed by atoms with Crippen LogP contribution in [0.25, 0.3) is 0 Å². The van der Waals surface area contributed by atoms with Crippen LogP contribution in [0, 0.1) is 5.92 Å². The van der Waals surface area contributed by atoms with Crippen molar-refractivity contribution in [3.63, 3.8) is 0 Å². The molecule has 138 valence electrons. The van der Waals surface area contributed by atoms with Crippen LogP contribution in [-0.2, 0) is 25.7 Å². The van der Waals surface area contributed by atoms with Crippen LogP contribution in [0.2, 0.25) is 0 Å². The Bertz CT molecular complexity index is 574. The number of hydrogen-bond donors (Lipinski definition) is 2. The smallest absolute Gasteiger partial charge is 0.408 e. The number of carbonyl (C=O) groups excluding carboxylic acids is 3. The maximum absolute atomic E-state index is 12.3. The first-order valence-corrected chi connectivity index (χ1v) is 8.19. The minimum absolute atomic E-state index is 0.112. The van der Waals surface area contributed by atoms with Gasteiger partial charge in [0.05, 0.1) is 7.11 Å². The van der Waals surface area contributed by atoms with Gasteiger partial charge in [0.1, 0.15) is 18.7 Å². The van der Waals surface area contributed by atoms with Crippen LogP contribution < -0.4 is 10.6 Å². The molecule has 0 aliphatic rings. The lowest BCUT2D eigenvalue weighted by Gasteiger charge is -2.21. The zero-order valence-electron chi connectivity index (χ0n) is 15.1. The summed E-state index contributed by atoms with van der Waals surface area (Å²) in [7, 11) is 1.25. The van der Waals surface area contributed by atoms with E-state index in [9.17, 15) is 14.4 Å². The third-order valence-corrected chi connectivity index (χ3v) is 3.44. The highest BCUT2D eigenvalue weighted by atomic mass is 16.5. The summed E-state index contributed by atoms with van der Waals surface area (Å²) in [6.07, 6.45) is -0.268. The second-order valence-corrected chi connectivity index (χ2v) is 6.14. The van der Waals surface area contributed by atoms with Gasteiger partial charge in [0.15, 0.2) is 0 Å². The molecule has 0 aliphatic carbocycles. The normalized spacial score (nSPS) is 12.8. The zero-order chi connectivity index (χ0) is 18.8. The monoisotopic (exact) mass is 350 g/mol. The number of amides is 2. The molecule has 7 nitrogen and oxygen atoms in total. The van der Waals surface area contributed by atoms with Crippen LogP contribution >= 0.6 is 0 Å². The molecule has 1 rings (SSSR count). The number of nitrogens with one attached hydrogen (secondary N) is 2. The van der Waals surface area contributed by atoms with Crippen molar-refractivity contribution >= 4 is 18.0 Å². The van der Waals surface area contributed by atoms with Crippen molar-refractivity contribution in [3.8, 4) is 0 Å². The summed E-state index contributed by atoms with van der Waals surface area (Å²) >= 11 is 0. The van der Waals surface area contributed by atoms with E-state index in [-0.39, 0.29) is 12.5 Å². The Morgan fingerprint density at radius 3 is 2.24 bits per heavy atom. The molecular weight excluding hydrogens is 324 g/mol. The van der Waals surface area contributed by atoms with Crippen molar-refractivity contribution < 1.29 is 23.9 Å². The van der Waals surface area contributed by atoms with Crippen LogP contribution in [-0.4, -0.2) is 37.2 Å². The summed E-state index contributed by atoms with van der Waals surface area (Å²) in [4.78, 5) is 35.7. The average Bonchev–Trinajstić information content (AvgIpc) is 2.59. The van der Waals surface area contributed by atoms with Gasteiger partial charge in [-0.25, -0.2) is 9.59 Å². The van der Waals surface area contributed by atoms with E-state index in [4.69, 9.17) is 4.74 Å². The number of methoxy groups -OCH3 is 1. The largest absolute Gasteiger partial charge is 0.467 e. The fourth-order valence-electron chi connectivity index (χ4n) is 2.16. The molecule has 0 saturated heterocycles. The van der Waals surface area contributed by atoms with Crippen LogP contribution in [0.4, 0.5) is 4.79 Å². The summed E-state index contributed by atoms with van der Waals surface area (Å²) in [6.45, 7) is 5.49. The van der Waals surface area contributed by atoms with Crippen molar-refractivity contribution in [2.24, 2.45) is 5.92 Å². The van der Waals surface area contributed by atoms with Crippen molar-refractivity contribution in [2.75, 3.05) is 7.11 Å². The van der Waals surface area contributed by atoms with E-state index in [2.05, 4.69) is 15.4 Å². The molecule has 0 heterocycles. The minimum atomic E-state index is -0.797. The lowest BCUT2D eigenvalue weighted by Crippen LogP contribution is -2.51. The van der Waals surface area contributed by atoms with Crippen LogP contribution in [0.15, 0.2) is 30.3 Å². The van der Waals surface area contributed by atoms with E-state index >= 15 is 0 Å². The third-order valence-electron chi connectivity index (χ3n) is 3.44. The average molecular weight is 350 g/mol. The van der Waals surface area contributed by atoms with Gasteiger partial charge in [-0.05, 0) is 24.8 Å². The Labute approximate surface area is 148 Å². The van der Waals surface area contributed by atoms with Gasteiger partial charge < -0.3 is 20.1 Å². The number of rotatable bonds is 8. The Morgan fingerprint density at radius 1 is 1.04 bits per heavy atom. The van der Waals surface area contributed by atoms with Crippen LogP contribution in [0.1, 0.15) is 32.8 Å². The van der Waals surface area contributed by atoms with Gasteiger partial charge in [-0.15, -0.1) is 0 Å². The number of ether oxygens (including phenoxy) is 2. The standard InChI is InChI=1S/C18H26N2O5/c1-12(2)10-15(16(21)19-13(3)17(22)24-4)20-18(23)25-11-14-8-6-5-7-9-14/h5-9,12-13,15H,10-11H2,1-4H3,(H,19,21)(H,20,23)/t13-,15-/m1/s1. The molecular formula is C18H26N2O5. The molecule has 0 aromatic heterocycles. The van der Waals surface area contributed by atoms with Gasteiger partial charge in [0.25, 0.3) is 0 Å². The summed E-state index contributed by atoms with van der Waals surface area (Å²) in [5.41, 5.74) is 0.849. The van der Waals surface area contributed by atoms with E-state index in [1.807, 2.05) is 44.2 Å². The third kappa shape index (κ3) is 7.69. The summed E-state index contributed by atoms with van der Waals surface area (Å²) in [5.74, 6) is -0.842. The molecule has 0 bridgehead atoms. The second kappa shape index (κ2) is 10.3. The molecule has 0 fully saturated rings. The maximum Gasteiger partial charge on any atom is 0.408 e. The SMILES string of the molecule is COC(=O)[C@@H](C)NC(=O)[C@@H](CC(C)C)NC(=O)OCc1ccccc1. The number of benzene rings is 1. The van der Waals surface area contributed by atoms with Crippen LogP contribution in [0.5, 0.6) is 0 Å². The summed E-state index contributed by atoms with van der Waals surface area (Å²) in [5, 5.41) is 5.09. The van der Waals surface area contributed by atoms with E-state index in [0.717, 1.165) is 5.56 Å². The molecule has 1 aromatic rings. The molecule has 0 spiro atoms. The van der Waals surface area contributed by atoms with Crippen molar-refractivity contribution in [1.82, 2.24) is 10.6 Å². The quantitative estimate of drug-likeness (QED) is 0.700. The van der Waals surface area contributed by atoms with Gasteiger partial charge in [-0.1, -0.05) is 44.2 Å². The van der Waals surface area contributed by atoms with E-state index < -0.39 is 30.1 Å². The topological polar surface area (TPSA) is 93.7 Å². The van der Waals surface area contributed by atoms with Crippen molar-refractivity contribution in [2.45, 2.75) is 45.9 Å².